The lowest BCUT2D eigenvalue weighted by Crippen LogP contribution is -2.26. The summed E-state index contributed by atoms with van der Waals surface area (Å²) in [5, 5.41) is 0.654. The van der Waals surface area contributed by atoms with Crippen molar-refractivity contribution in [2.75, 3.05) is 0 Å². The normalized spacial score (nSPS) is 11.3. The molecule has 3 aromatic rings. The number of hydrogen-bond donors (Lipinski definition) is 0. The molecule has 0 aliphatic rings. The van der Waals surface area contributed by atoms with E-state index in [1.807, 2.05) is 19.1 Å². The molecular weight excluding hydrogens is 362 g/mol. The number of ketones is 1. The zero-order valence-electron chi connectivity index (χ0n) is 16.0. The highest BCUT2D eigenvalue weighted by Crippen LogP contribution is 2.22. The molecule has 0 fully saturated rings. The van der Waals surface area contributed by atoms with Gasteiger partial charge in [0.2, 0.25) is 5.78 Å². The minimum absolute atomic E-state index is 0.0206. The first-order chi connectivity index (χ1) is 12.9. The molecule has 0 saturated heterocycles. The number of imidazole rings is 1. The first kappa shape index (κ1) is 19.4. The van der Waals surface area contributed by atoms with Crippen molar-refractivity contribution in [3.8, 4) is 11.3 Å². The summed E-state index contributed by atoms with van der Waals surface area (Å²) in [6, 6.07) is 7.39. The molecule has 0 aliphatic carbocycles. The van der Waals surface area contributed by atoms with Gasteiger partial charge in [-0.05, 0) is 32.4 Å². The summed E-state index contributed by atoms with van der Waals surface area (Å²) >= 11 is 5.98. The smallest absolute Gasteiger partial charge is 0.262 e. The molecule has 1 aromatic carbocycles. The third-order valence-corrected chi connectivity index (χ3v) is 5.05. The molecule has 0 atom stereocenters. The van der Waals surface area contributed by atoms with Gasteiger partial charge in [0.05, 0.1) is 5.69 Å². The quantitative estimate of drug-likeness (QED) is 0.564. The highest BCUT2D eigenvalue weighted by atomic mass is 35.5. The number of Topliss-reactive ketones (excluding diaryl/α,β-unsaturated/α-hetero) is 1. The van der Waals surface area contributed by atoms with E-state index in [0.717, 1.165) is 37.1 Å². The Bertz CT molecular complexity index is 1030. The Balaban J connectivity index is 2.20. The number of halogens is 1. The lowest BCUT2D eigenvalue weighted by Gasteiger charge is -2.15. The fourth-order valence-electron chi connectivity index (χ4n) is 3.32. The maximum Gasteiger partial charge on any atom is 0.262 e. The average molecular weight is 386 g/mol. The molecule has 0 N–H and O–H groups in total. The van der Waals surface area contributed by atoms with Crippen LogP contribution in [0, 0.1) is 6.92 Å². The van der Waals surface area contributed by atoms with Crippen LogP contribution in [-0.2, 0) is 17.8 Å². The second-order valence-corrected chi connectivity index (χ2v) is 7.35. The van der Waals surface area contributed by atoms with Gasteiger partial charge in [-0.2, -0.15) is 0 Å². The number of aryl methyl sites for hydroxylation is 1. The van der Waals surface area contributed by atoms with Crippen LogP contribution in [0.4, 0.5) is 0 Å². The molecule has 0 spiro atoms. The molecule has 2 aromatic heterocycles. The molecule has 0 saturated carbocycles. The SMILES string of the molecule is CCCCCn1c(C)c(CC(C)=O)c(=O)n2cc(-c3ccc(Cl)cc3)nc12. The van der Waals surface area contributed by atoms with Gasteiger partial charge in [0.25, 0.3) is 5.56 Å². The monoisotopic (exact) mass is 385 g/mol. The minimum Gasteiger partial charge on any atom is -0.315 e. The van der Waals surface area contributed by atoms with Crippen LogP contribution in [0.5, 0.6) is 0 Å². The average Bonchev–Trinajstić information content (AvgIpc) is 3.07. The standard InChI is InChI=1S/C21H24ClN3O2/c1-4-5-6-11-24-15(3)18(12-14(2)26)20(27)25-13-19(23-21(24)25)16-7-9-17(22)10-8-16/h7-10,13H,4-6,11-12H2,1-3H3. The number of benzene rings is 1. The van der Waals surface area contributed by atoms with Gasteiger partial charge in [-0.25, -0.2) is 4.98 Å². The summed E-state index contributed by atoms with van der Waals surface area (Å²) in [6.45, 7) is 6.34. The van der Waals surface area contributed by atoms with Crippen LogP contribution < -0.4 is 5.56 Å². The number of unbranched alkanes of at least 4 members (excludes halogenated alkanes) is 2. The third kappa shape index (κ3) is 3.98. The second kappa shape index (κ2) is 8.09. The van der Waals surface area contributed by atoms with Crippen molar-refractivity contribution in [3.63, 3.8) is 0 Å². The van der Waals surface area contributed by atoms with Crippen LogP contribution in [0.3, 0.4) is 0 Å². The maximum atomic E-state index is 13.0. The zero-order valence-corrected chi connectivity index (χ0v) is 16.7. The first-order valence-corrected chi connectivity index (χ1v) is 9.67. The largest absolute Gasteiger partial charge is 0.315 e. The molecular formula is C21H24ClN3O2. The van der Waals surface area contributed by atoms with Gasteiger partial charge in [-0.3, -0.25) is 14.0 Å². The van der Waals surface area contributed by atoms with E-state index < -0.39 is 0 Å². The lowest BCUT2D eigenvalue weighted by atomic mass is 10.1. The lowest BCUT2D eigenvalue weighted by molar-refractivity contribution is -0.116. The Hall–Kier alpha value is -2.40. The Morgan fingerprint density at radius 2 is 1.89 bits per heavy atom. The van der Waals surface area contributed by atoms with Gasteiger partial charge >= 0.3 is 0 Å². The number of nitrogens with zero attached hydrogens (tertiary/aromatic N) is 3. The summed E-state index contributed by atoms with van der Waals surface area (Å²) < 4.78 is 3.63. The van der Waals surface area contributed by atoms with E-state index in [2.05, 4.69) is 11.5 Å². The molecule has 0 radical (unpaired) electrons. The van der Waals surface area contributed by atoms with Crippen molar-refractivity contribution in [1.82, 2.24) is 14.0 Å². The summed E-state index contributed by atoms with van der Waals surface area (Å²) in [5.74, 6) is 0.596. The van der Waals surface area contributed by atoms with Crippen molar-refractivity contribution in [2.45, 2.75) is 53.0 Å². The van der Waals surface area contributed by atoms with Gasteiger partial charge < -0.3 is 4.57 Å². The van der Waals surface area contributed by atoms with E-state index in [1.165, 1.54) is 6.92 Å². The maximum absolute atomic E-state index is 13.0. The highest BCUT2D eigenvalue weighted by molar-refractivity contribution is 6.30. The number of rotatable bonds is 7. The van der Waals surface area contributed by atoms with Gasteiger partial charge in [0.1, 0.15) is 5.78 Å². The number of carbonyl (C=O) groups is 1. The number of hydrogen-bond acceptors (Lipinski definition) is 3. The summed E-state index contributed by atoms with van der Waals surface area (Å²) in [7, 11) is 0. The van der Waals surface area contributed by atoms with Gasteiger partial charge in [-0.1, -0.05) is 43.5 Å². The van der Waals surface area contributed by atoms with E-state index in [9.17, 15) is 9.59 Å². The molecule has 142 valence electrons. The molecule has 27 heavy (non-hydrogen) atoms. The Morgan fingerprint density at radius 1 is 1.19 bits per heavy atom. The highest BCUT2D eigenvalue weighted by Gasteiger charge is 2.18. The zero-order chi connectivity index (χ0) is 19.6. The molecule has 5 nitrogen and oxygen atoms in total. The minimum atomic E-state index is -0.169. The van der Waals surface area contributed by atoms with Crippen LogP contribution in [0.25, 0.3) is 17.0 Å². The summed E-state index contributed by atoms with van der Waals surface area (Å²) in [4.78, 5) is 29.4. The van der Waals surface area contributed by atoms with Crippen LogP contribution in [0.2, 0.25) is 5.02 Å². The number of fused-ring (bicyclic) bond motifs is 1. The van der Waals surface area contributed by atoms with E-state index in [0.29, 0.717) is 22.1 Å². The fraction of sp³-hybridized carbons (Fsp3) is 0.381. The van der Waals surface area contributed by atoms with Crippen molar-refractivity contribution in [2.24, 2.45) is 0 Å². The summed E-state index contributed by atoms with van der Waals surface area (Å²) in [5.41, 5.74) is 2.82. The Labute approximate surface area is 163 Å². The Morgan fingerprint density at radius 3 is 2.52 bits per heavy atom. The fourth-order valence-corrected chi connectivity index (χ4v) is 3.45. The van der Waals surface area contributed by atoms with E-state index in [-0.39, 0.29) is 17.8 Å². The van der Waals surface area contributed by atoms with Gasteiger partial charge in [0.15, 0.2) is 0 Å². The van der Waals surface area contributed by atoms with Crippen LogP contribution in [-0.4, -0.2) is 19.7 Å². The van der Waals surface area contributed by atoms with Crippen molar-refractivity contribution in [1.29, 1.82) is 0 Å². The molecule has 2 heterocycles. The van der Waals surface area contributed by atoms with Crippen LogP contribution in [0.15, 0.2) is 35.3 Å². The molecule has 3 rings (SSSR count). The predicted octanol–water partition coefficient (Wildman–Crippen LogP) is 4.45. The number of carbonyl (C=O) groups excluding carboxylic acids is 1. The van der Waals surface area contributed by atoms with Crippen molar-refractivity contribution < 1.29 is 4.79 Å². The molecule has 0 aliphatic heterocycles. The molecule has 0 unspecified atom stereocenters. The van der Waals surface area contributed by atoms with Crippen LogP contribution in [0.1, 0.15) is 44.4 Å². The van der Waals surface area contributed by atoms with E-state index >= 15 is 0 Å². The van der Waals surface area contributed by atoms with E-state index in [1.54, 1.807) is 22.7 Å². The third-order valence-electron chi connectivity index (χ3n) is 4.80. The predicted molar refractivity (Wildman–Crippen MR) is 109 cm³/mol. The first-order valence-electron chi connectivity index (χ1n) is 9.29. The van der Waals surface area contributed by atoms with Crippen molar-refractivity contribution >= 4 is 23.2 Å². The molecule has 0 amide bonds. The topological polar surface area (TPSA) is 56.4 Å². The van der Waals surface area contributed by atoms with E-state index in [4.69, 9.17) is 16.6 Å². The molecule has 6 heteroatoms. The Kier molecular flexibility index (Phi) is 5.80. The van der Waals surface area contributed by atoms with Crippen molar-refractivity contribution in [3.05, 3.63) is 57.1 Å². The van der Waals surface area contributed by atoms with Gasteiger partial charge in [0, 0.05) is 41.0 Å². The number of aromatic nitrogens is 3. The molecule has 0 bridgehead atoms. The summed E-state index contributed by atoms with van der Waals surface area (Å²) in [6.07, 6.45) is 5.10. The second-order valence-electron chi connectivity index (χ2n) is 6.91. The van der Waals surface area contributed by atoms with Gasteiger partial charge in [-0.15, -0.1) is 0 Å². The van der Waals surface area contributed by atoms with Crippen LogP contribution >= 0.6 is 11.6 Å².